The van der Waals surface area contributed by atoms with Gasteiger partial charge in [-0.25, -0.2) is 4.79 Å². The maximum atomic E-state index is 12.4. The van der Waals surface area contributed by atoms with Gasteiger partial charge in [0.2, 0.25) is 0 Å². The molecule has 132 valence electrons. The lowest BCUT2D eigenvalue weighted by Crippen LogP contribution is -2.38. The Morgan fingerprint density at radius 2 is 1.88 bits per heavy atom. The smallest absolute Gasteiger partial charge is 0.319 e. The zero-order valence-corrected chi connectivity index (χ0v) is 13.9. The maximum absolute atomic E-state index is 12.4. The molecule has 1 atom stereocenters. The normalized spacial score (nSPS) is 16.5. The molecule has 0 bridgehead atoms. The van der Waals surface area contributed by atoms with E-state index in [0.29, 0.717) is 17.2 Å². The van der Waals surface area contributed by atoms with Gasteiger partial charge in [0, 0.05) is 30.9 Å². The Bertz CT molecular complexity index is 553. The summed E-state index contributed by atoms with van der Waals surface area (Å²) >= 11 is 0. The summed E-state index contributed by atoms with van der Waals surface area (Å²) in [7, 11) is 0. The SMILES string of the molecule is CC1CCN(C(=O)c2ccc(NC(=O)NC[C@@H](O)CO)cc2)CC1. The summed E-state index contributed by atoms with van der Waals surface area (Å²) in [5.41, 5.74) is 1.15. The molecule has 2 rings (SSSR count). The van der Waals surface area contributed by atoms with Crippen molar-refractivity contribution < 1.29 is 19.8 Å². The van der Waals surface area contributed by atoms with Gasteiger partial charge in [-0.3, -0.25) is 4.79 Å². The number of piperidine rings is 1. The van der Waals surface area contributed by atoms with Crippen LogP contribution in [0.25, 0.3) is 0 Å². The monoisotopic (exact) mass is 335 g/mol. The second kappa shape index (κ2) is 8.65. The average molecular weight is 335 g/mol. The van der Waals surface area contributed by atoms with Crippen LogP contribution in [0.3, 0.4) is 0 Å². The van der Waals surface area contributed by atoms with E-state index in [9.17, 15) is 14.7 Å². The number of carbonyl (C=O) groups excluding carboxylic acids is 2. The van der Waals surface area contributed by atoms with Crippen molar-refractivity contribution in [1.29, 1.82) is 0 Å². The van der Waals surface area contributed by atoms with Crippen molar-refractivity contribution in [1.82, 2.24) is 10.2 Å². The fourth-order valence-corrected chi connectivity index (χ4v) is 2.54. The Kier molecular flexibility index (Phi) is 6.57. The van der Waals surface area contributed by atoms with Crippen LogP contribution >= 0.6 is 0 Å². The Morgan fingerprint density at radius 1 is 1.25 bits per heavy atom. The van der Waals surface area contributed by atoms with E-state index < -0.39 is 18.7 Å². The molecule has 1 aromatic rings. The van der Waals surface area contributed by atoms with Crippen LogP contribution in [-0.2, 0) is 0 Å². The van der Waals surface area contributed by atoms with Crippen LogP contribution in [0.5, 0.6) is 0 Å². The fourth-order valence-electron chi connectivity index (χ4n) is 2.54. The largest absolute Gasteiger partial charge is 0.394 e. The minimum atomic E-state index is -0.983. The zero-order chi connectivity index (χ0) is 17.5. The van der Waals surface area contributed by atoms with E-state index in [1.54, 1.807) is 24.3 Å². The number of benzene rings is 1. The van der Waals surface area contributed by atoms with Gasteiger partial charge >= 0.3 is 6.03 Å². The molecule has 0 aromatic heterocycles. The number of nitrogens with one attached hydrogen (secondary N) is 2. The van der Waals surface area contributed by atoms with Crippen molar-refractivity contribution in [3.05, 3.63) is 29.8 Å². The summed E-state index contributed by atoms with van der Waals surface area (Å²) in [5, 5.41) is 22.9. The molecule has 3 amide bonds. The lowest BCUT2D eigenvalue weighted by Gasteiger charge is -2.30. The highest BCUT2D eigenvalue weighted by Crippen LogP contribution is 2.19. The first kappa shape index (κ1) is 18.2. The lowest BCUT2D eigenvalue weighted by molar-refractivity contribution is 0.0697. The van der Waals surface area contributed by atoms with E-state index >= 15 is 0 Å². The van der Waals surface area contributed by atoms with Crippen LogP contribution in [0.1, 0.15) is 30.1 Å². The van der Waals surface area contributed by atoms with E-state index in [2.05, 4.69) is 17.6 Å². The van der Waals surface area contributed by atoms with Gasteiger partial charge in [0.1, 0.15) is 0 Å². The molecule has 0 spiro atoms. The van der Waals surface area contributed by atoms with Gasteiger partial charge in [0.25, 0.3) is 5.91 Å². The number of hydrogen-bond donors (Lipinski definition) is 4. The number of rotatable bonds is 5. The summed E-state index contributed by atoms with van der Waals surface area (Å²) in [4.78, 5) is 25.9. The molecule has 7 nitrogen and oxygen atoms in total. The molecule has 0 unspecified atom stereocenters. The molecule has 1 fully saturated rings. The predicted octanol–water partition coefficient (Wildman–Crippen LogP) is 1.03. The van der Waals surface area contributed by atoms with Gasteiger partial charge in [-0.2, -0.15) is 0 Å². The van der Waals surface area contributed by atoms with E-state index in [-0.39, 0.29) is 12.5 Å². The number of nitrogens with zero attached hydrogens (tertiary/aromatic N) is 1. The second-order valence-corrected chi connectivity index (χ2v) is 6.22. The van der Waals surface area contributed by atoms with E-state index in [0.717, 1.165) is 25.9 Å². The summed E-state index contributed by atoms with van der Waals surface area (Å²) in [6.45, 7) is 3.33. The lowest BCUT2D eigenvalue weighted by atomic mass is 9.98. The highest BCUT2D eigenvalue weighted by molar-refractivity contribution is 5.95. The maximum Gasteiger partial charge on any atom is 0.319 e. The van der Waals surface area contributed by atoms with Crippen molar-refractivity contribution in [2.75, 3.05) is 31.6 Å². The number of aliphatic hydroxyl groups excluding tert-OH is 2. The molecule has 0 radical (unpaired) electrons. The Hall–Kier alpha value is -2.12. The van der Waals surface area contributed by atoms with Crippen LogP contribution in [0.4, 0.5) is 10.5 Å². The summed E-state index contributed by atoms with van der Waals surface area (Å²) < 4.78 is 0. The number of urea groups is 1. The van der Waals surface area contributed by atoms with Gasteiger partial charge in [-0.1, -0.05) is 6.92 Å². The molecule has 4 N–H and O–H groups in total. The predicted molar refractivity (Wildman–Crippen MR) is 90.9 cm³/mol. The van der Waals surface area contributed by atoms with Gasteiger partial charge in [-0.05, 0) is 43.0 Å². The highest BCUT2D eigenvalue weighted by atomic mass is 16.3. The summed E-state index contributed by atoms with van der Waals surface area (Å²) in [6.07, 6.45) is 1.08. The molecule has 1 heterocycles. The molecule has 1 aromatic carbocycles. The van der Waals surface area contributed by atoms with Crippen LogP contribution in [0, 0.1) is 5.92 Å². The number of likely N-dealkylation sites (tertiary alicyclic amines) is 1. The standard InChI is InChI=1S/C17H25N3O4/c1-12-6-8-20(9-7-12)16(23)13-2-4-14(5-3-13)19-17(24)18-10-15(22)11-21/h2-5,12,15,21-22H,6-11H2,1H3,(H2,18,19,24)/t15-/m1/s1. The van der Waals surface area contributed by atoms with E-state index in [1.807, 2.05) is 4.90 Å². The van der Waals surface area contributed by atoms with Crippen molar-refractivity contribution >= 4 is 17.6 Å². The number of carbonyl (C=O) groups is 2. The van der Waals surface area contributed by atoms with Crippen LogP contribution in [-0.4, -0.2) is 59.4 Å². The van der Waals surface area contributed by atoms with Gasteiger partial charge in [0.05, 0.1) is 12.7 Å². The average Bonchev–Trinajstić information content (AvgIpc) is 2.60. The number of amides is 3. The number of hydrogen-bond acceptors (Lipinski definition) is 4. The Labute approximate surface area is 141 Å². The van der Waals surface area contributed by atoms with Gasteiger partial charge in [0.15, 0.2) is 0 Å². The van der Waals surface area contributed by atoms with Gasteiger partial charge in [-0.15, -0.1) is 0 Å². The number of aliphatic hydroxyl groups is 2. The molecular weight excluding hydrogens is 310 g/mol. The topological polar surface area (TPSA) is 102 Å². The molecule has 24 heavy (non-hydrogen) atoms. The minimum Gasteiger partial charge on any atom is -0.394 e. The number of anilines is 1. The molecule has 0 saturated carbocycles. The van der Waals surface area contributed by atoms with Gasteiger partial charge < -0.3 is 25.7 Å². The third-order valence-electron chi connectivity index (χ3n) is 4.17. The molecule has 1 aliphatic heterocycles. The van der Waals surface area contributed by atoms with Crippen LogP contribution in [0.15, 0.2) is 24.3 Å². The Morgan fingerprint density at radius 3 is 2.46 bits per heavy atom. The third kappa shape index (κ3) is 5.21. The fraction of sp³-hybridized carbons (Fsp3) is 0.529. The Balaban J connectivity index is 1.86. The molecule has 1 saturated heterocycles. The third-order valence-corrected chi connectivity index (χ3v) is 4.17. The molecular formula is C17H25N3O4. The van der Waals surface area contributed by atoms with Crippen molar-refractivity contribution in [2.24, 2.45) is 5.92 Å². The van der Waals surface area contributed by atoms with Crippen molar-refractivity contribution in [3.8, 4) is 0 Å². The van der Waals surface area contributed by atoms with E-state index in [4.69, 9.17) is 5.11 Å². The first-order chi connectivity index (χ1) is 11.5. The molecule has 0 aliphatic carbocycles. The van der Waals surface area contributed by atoms with E-state index in [1.165, 1.54) is 0 Å². The first-order valence-electron chi connectivity index (χ1n) is 8.22. The first-order valence-corrected chi connectivity index (χ1v) is 8.22. The zero-order valence-electron chi connectivity index (χ0n) is 13.9. The quantitative estimate of drug-likeness (QED) is 0.645. The van der Waals surface area contributed by atoms with Crippen LogP contribution < -0.4 is 10.6 Å². The van der Waals surface area contributed by atoms with Crippen molar-refractivity contribution in [3.63, 3.8) is 0 Å². The summed E-state index contributed by atoms with van der Waals surface area (Å²) in [6, 6.07) is 6.24. The second-order valence-electron chi connectivity index (χ2n) is 6.22. The highest BCUT2D eigenvalue weighted by Gasteiger charge is 2.21. The van der Waals surface area contributed by atoms with Crippen LogP contribution in [0.2, 0.25) is 0 Å². The molecule has 1 aliphatic rings. The minimum absolute atomic E-state index is 0.0176. The van der Waals surface area contributed by atoms with Crippen molar-refractivity contribution in [2.45, 2.75) is 25.9 Å². The molecule has 7 heteroatoms. The summed E-state index contributed by atoms with van der Waals surface area (Å²) in [5.74, 6) is 0.687.